The van der Waals surface area contributed by atoms with Crippen molar-refractivity contribution < 1.29 is 9.84 Å². The van der Waals surface area contributed by atoms with Crippen molar-refractivity contribution in [1.29, 1.82) is 0 Å². The molecule has 4 heteroatoms. The Morgan fingerprint density at radius 2 is 2.18 bits per heavy atom. The third-order valence-corrected chi connectivity index (χ3v) is 3.10. The minimum absolute atomic E-state index is 0.155. The van der Waals surface area contributed by atoms with Crippen LogP contribution in [0.2, 0.25) is 0 Å². The summed E-state index contributed by atoms with van der Waals surface area (Å²) in [5.41, 5.74) is 6.74. The van der Waals surface area contributed by atoms with Gasteiger partial charge in [-0.1, -0.05) is 30.3 Å². The highest BCUT2D eigenvalue weighted by Gasteiger charge is 2.25. The monoisotopic (exact) mass is 236 g/mol. The van der Waals surface area contributed by atoms with Crippen LogP contribution in [-0.4, -0.2) is 48.5 Å². The lowest BCUT2D eigenvalue weighted by molar-refractivity contribution is -0.0871. The van der Waals surface area contributed by atoms with Crippen LogP contribution in [0.25, 0.3) is 0 Å². The summed E-state index contributed by atoms with van der Waals surface area (Å²) in [5.74, 6) is 0. The number of benzene rings is 1. The maximum absolute atomic E-state index is 9.69. The van der Waals surface area contributed by atoms with Crippen molar-refractivity contribution in [3.05, 3.63) is 35.9 Å². The Morgan fingerprint density at radius 3 is 2.88 bits per heavy atom. The number of nitrogens with zero attached hydrogens (tertiary/aromatic N) is 1. The van der Waals surface area contributed by atoms with Gasteiger partial charge in [-0.3, -0.25) is 4.90 Å². The largest absolute Gasteiger partial charge is 0.389 e. The van der Waals surface area contributed by atoms with E-state index in [1.54, 1.807) is 0 Å². The smallest absolute Gasteiger partial charge is 0.0973 e. The molecule has 1 fully saturated rings. The molecule has 0 bridgehead atoms. The van der Waals surface area contributed by atoms with Gasteiger partial charge in [0.2, 0.25) is 0 Å². The third-order valence-electron chi connectivity index (χ3n) is 3.10. The van der Waals surface area contributed by atoms with E-state index >= 15 is 0 Å². The number of hydrogen-bond acceptors (Lipinski definition) is 4. The van der Waals surface area contributed by atoms with Crippen molar-refractivity contribution in [3.8, 4) is 0 Å². The Labute approximate surface area is 102 Å². The quantitative estimate of drug-likeness (QED) is 0.784. The molecule has 1 aromatic rings. The molecule has 2 rings (SSSR count). The fourth-order valence-electron chi connectivity index (χ4n) is 2.10. The van der Waals surface area contributed by atoms with Crippen molar-refractivity contribution in [2.45, 2.75) is 18.8 Å². The van der Waals surface area contributed by atoms with Crippen LogP contribution >= 0.6 is 0 Å². The molecule has 3 N–H and O–H groups in total. The Bertz CT molecular complexity index is 331. The molecule has 0 saturated carbocycles. The molecule has 17 heavy (non-hydrogen) atoms. The molecule has 1 aliphatic rings. The number of aliphatic hydroxyl groups is 1. The maximum Gasteiger partial charge on any atom is 0.0973 e. The number of aliphatic hydroxyl groups excluding tert-OH is 1. The van der Waals surface area contributed by atoms with Crippen molar-refractivity contribution in [2.75, 3.05) is 26.2 Å². The summed E-state index contributed by atoms with van der Waals surface area (Å²) < 4.78 is 5.53. The maximum atomic E-state index is 9.69. The predicted octanol–water partition coefficient (Wildman–Crippen LogP) is 0.207. The molecule has 1 aliphatic heterocycles. The molecule has 2 atom stereocenters. The van der Waals surface area contributed by atoms with Crippen molar-refractivity contribution in [2.24, 2.45) is 5.73 Å². The third kappa shape index (κ3) is 3.51. The highest BCUT2D eigenvalue weighted by Crippen LogP contribution is 2.12. The van der Waals surface area contributed by atoms with Crippen LogP contribution in [-0.2, 0) is 11.3 Å². The first-order valence-corrected chi connectivity index (χ1v) is 6.05. The average Bonchev–Trinajstić information content (AvgIpc) is 2.39. The van der Waals surface area contributed by atoms with Gasteiger partial charge in [0.25, 0.3) is 0 Å². The molecular formula is C13H20N2O2. The molecule has 1 aromatic carbocycles. The number of morpholine rings is 1. The lowest BCUT2D eigenvalue weighted by Crippen LogP contribution is -2.49. The van der Waals surface area contributed by atoms with E-state index in [4.69, 9.17) is 10.5 Å². The molecular weight excluding hydrogens is 216 g/mol. The Morgan fingerprint density at radius 1 is 1.41 bits per heavy atom. The number of rotatable bonds is 4. The summed E-state index contributed by atoms with van der Waals surface area (Å²) in [4.78, 5) is 2.29. The Hall–Kier alpha value is -0.940. The Balaban J connectivity index is 1.89. The van der Waals surface area contributed by atoms with Gasteiger partial charge in [-0.25, -0.2) is 0 Å². The molecule has 4 nitrogen and oxygen atoms in total. The highest BCUT2D eigenvalue weighted by molar-refractivity contribution is 5.14. The van der Waals surface area contributed by atoms with Gasteiger partial charge in [0.05, 0.1) is 18.8 Å². The topological polar surface area (TPSA) is 58.7 Å². The molecule has 1 unspecified atom stereocenters. The predicted molar refractivity (Wildman–Crippen MR) is 66.5 cm³/mol. The van der Waals surface area contributed by atoms with Crippen LogP contribution in [0, 0.1) is 0 Å². The average molecular weight is 236 g/mol. The zero-order valence-electron chi connectivity index (χ0n) is 9.96. The molecule has 0 aliphatic carbocycles. The van der Waals surface area contributed by atoms with Gasteiger partial charge in [-0.05, 0) is 5.56 Å². The second kappa shape index (κ2) is 6.12. The standard InChI is InChI=1S/C13H20N2O2/c14-8-12(16)13-10-15(6-7-17-13)9-11-4-2-1-3-5-11/h1-5,12-13,16H,6-10,14H2/t12-,13?/m0/s1. The molecule has 1 heterocycles. The second-order valence-electron chi connectivity index (χ2n) is 4.43. The van der Waals surface area contributed by atoms with Crippen LogP contribution in [0.3, 0.4) is 0 Å². The SMILES string of the molecule is NC[C@H](O)C1CN(Cc2ccccc2)CCO1. The molecule has 94 valence electrons. The van der Waals surface area contributed by atoms with Gasteiger partial charge in [-0.15, -0.1) is 0 Å². The minimum Gasteiger partial charge on any atom is -0.389 e. The lowest BCUT2D eigenvalue weighted by Gasteiger charge is -2.34. The summed E-state index contributed by atoms with van der Waals surface area (Å²) in [7, 11) is 0. The highest BCUT2D eigenvalue weighted by atomic mass is 16.5. The molecule has 0 spiro atoms. The summed E-state index contributed by atoms with van der Waals surface area (Å²) in [5, 5.41) is 9.69. The van der Waals surface area contributed by atoms with Crippen molar-refractivity contribution in [1.82, 2.24) is 4.90 Å². The first-order chi connectivity index (χ1) is 8.29. The van der Waals surface area contributed by atoms with Gasteiger partial charge in [0.15, 0.2) is 0 Å². The van der Waals surface area contributed by atoms with Gasteiger partial charge in [0.1, 0.15) is 0 Å². The number of hydrogen-bond donors (Lipinski definition) is 2. The first kappa shape index (κ1) is 12.5. The molecule has 0 radical (unpaired) electrons. The van der Waals surface area contributed by atoms with Crippen LogP contribution in [0.1, 0.15) is 5.56 Å². The van der Waals surface area contributed by atoms with Crippen LogP contribution < -0.4 is 5.73 Å². The van der Waals surface area contributed by atoms with E-state index in [1.807, 2.05) is 18.2 Å². The fourth-order valence-corrected chi connectivity index (χ4v) is 2.10. The molecule has 1 saturated heterocycles. The minimum atomic E-state index is -0.562. The van der Waals surface area contributed by atoms with E-state index in [0.717, 1.165) is 19.6 Å². The number of nitrogens with two attached hydrogens (primary N) is 1. The van der Waals surface area contributed by atoms with Gasteiger partial charge >= 0.3 is 0 Å². The first-order valence-electron chi connectivity index (χ1n) is 6.05. The van der Waals surface area contributed by atoms with E-state index in [2.05, 4.69) is 17.0 Å². The summed E-state index contributed by atoms with van der Waals surface area (Å²) >= 11 is 0. The van der Waals surface area contributed by atoms with Crippen LogP contribution in [0.5, 0.6) is 0 Å². The Kier molecular flexibility index (Phi) is 4.50. The van der Waals surface area contributed by atoms with Crippen molar-refractivity contribution >= 4 is 0 Å². The van der Waals surface area contributed by atoms with E-state index < -0.39 is 6.10 Å². The van der Waals surface area contributed by atoms with E-state index in [9.17, 15) is 5.11 Å². The van der Waals surface area contributed by atoms with Gasteiger partial charge in [0, 0.05) is 26.2 Å². The summed E-state index contributed by atoms with van der Waals surface area (Å²) in [6.45, 7) is 3.46. The number of ether oxygens (including phenoxy) is 1. The van der Waals surface area contributed by atoms with Crippen LogP contribution in [0.15, 0.2) is 30.3 Å². The van der Waals surface area contributed by atoms with Crippen molar-refractivity contribution in [3.63, 3.8) is 0 Å². The fraction of sp³-hybridized carbons (Fsp3) is 0.538. The van der Waals surface area contributed by atoms with Crippen LogP contribution in [0.4, 0.5) is 0 Å². The zero-order chi connectivity index (χ0) is 12.1. The molecule has 0 aromatic heterocycles. The zero-order valence-corrected chi connectivity index (χ0v) is 9.96. The van der Waals surface area contributed by atoms with Gasteiger partial charge in [-0.2, -0.15) is 0 Å². The van der Waals surface area contributed by atoms with Gasteiger partial charge < -0.3 is 15.6 Å². The summed E-state index contributed by atoms with van der Waals surface area (Å²) in [6.07, 6.45) is -0.717. The summed E-state index contributed by atoms with van der Waals surface area (Å²) in [6, 6.07) is 10.3. The normalized spacial score (nSPS) is 23.5. The van der Waals surface area contributed by atoms with E-state index in [-0.39, 0.29) is 12.6 Å². The van der Waals surface area contributed by atoms with E-state index in [1.165, 1.54) is 5.56 Å². The second-order valence-corrected chi connectivity index (χ2v) is 4.43. The molecule has 0 amide bonds. The lowest BCUT2D eigenvalue weighted by atomic mass is 10.1. The van der Waals surface area contributed by atoms with E-state index in [0.29, 0.717) is 6.61 Å².